The maximum absolute atomic E-state index is 13.5. The molecule has 1 aromatic carbocycles. The SMILES string of the molecule is CCOC(=O)CNC(=O)c1nn(-c2ccc(F)c(F)c2)c2c1CCC2. The standard InChI is InChI=1S/C17H17F2N3O3/c1-2-25-15(23)9-20-17(24)16-11-4-3-5-14(11)22(21-16)10-6-7-12(18)13(19)8-10/h6-8H,2-5,9H2,1H3,(H,20,24). The number of hydrogen-bond acceptors (Lipinski definition) is 4. The van der Waals surface area contributed by atoms with Gasteiger partial charge in [0.2, 0.25) is 0 Å². The minimum absolute atomic E-state index is 0.196. The lowest BCUT2D eigenvalue weighted by atomic mass is 10.2. The molecule has 25 heavy (non-hydrogen) atoms. The summed E-state index contributed by atoms with van der Waals surface area (Å²) < 4.78 is 32.9. The molecule has 1 amide bonds. The molecule has 132 valence electrons. The molecule has 2 aromatic rings. The minimum Gasteiger partial charge on any atom is -0.465 e. The number of nitrogens with one attached hydrogen (secondary N) is 1. The summed E-state index contributed by atoms with van der Waals surface area (Å²) in [6.07, 6.45) is 2.20. The maximum atomic E-state index is 13.5. The number of nitrogens with zero attached hydrogens (tertiary/aromatic N) is 2. The van der Waals surface area contributed by atoms with Gasteiger partial charge in [0.15, 0.2) is 17.3 Å². The van der Waals surface area contributed by atoms with Gasteiger partial charge in [-0.05, 0) is 38.3 Å². The maximum Gasteiger partial charge on any atom is 0.325 e. The lowest BCUT2D eigenvalue weighted by molar-refractivity contribution is -0.141. The molecule has 1 aliphatic rings. The Balaban J connectivity index is 1.88. The second kappa shape index (κ2) is 7.00. The Morgan fingerprint density at radius 2 is 2.08 bits per heavy atom. The average Bonchev–Trinajstić information content (AvgIpc) is 3.18. The predicted octanol–water partition coefficient (Wildman–Crippen LogP) is 1.93. The molecular weight excluding hydrogens is 332 g/mol. The van der Waals surface area contributed by atoms with Crippen LogP contribution in [0.15, 0.2) is 18.2 Å². The van der Waals surface area contributed by atoms with Crippen molar-refractivity contribution in [2.75, 3.05) is 13.2 Å². The number of carbonyl (C=O) groups excluding carboxylic acids is 2. The summed E-state index contributed by atoms with van der Waals surface area (Å²) in [5, 5.41) is 6.74. The number of halogens is 2. The number of rotatable bonds is 5. The monoisotopic (exact) mass is 349 g/mol. The molecule has 0 saturated carbocycles. The zero-order chi connectivity index (χ0) is 18.0. The smallest absolute Gasteiger partial charge is 0.325 e. The first-order valence-corrected chi connectivity index (χ1v) is 8.01. The van der Waals surface area contributed by atoms with E-state index in [2.05, 4.69) is 10.4 Å². The van der Waals surface area contributed by atoms with Gasteiger partial charge in [0, 0.05) is 17.3 Å². The molecule has 0 radical (unpaired) electrons. The van der Waals surface area contributed by atoms with Crippen molar-refractivity contribution in [3.8, 4) is 5.69 Å². The van der Waals surface area contributed by atoms with Gasteiger partial charge < -0.3 is 10.1 Å². The molecule has 0 saturated heterocycles. The number of esters is 1. The molecule has 0 bridgehead atoms. The number of benzene rings is 1. The Morgan fingerprint density at radius 3 is 2.80 bits per heavy atom. The summed E-state index contributed by atoms with van der Waals surface area (Å²) in [4.78, 5) is 23.7. The van der Waals surface area contributed by atoms with Crippen molar-refractivity contribution < 1.29 is 23.1 Å². The summed E-state index contributed by atoms with van der Waals surface area (Å²) in [5.74, 6) is -2.95. The van der Waals surface area contributed by atoms with Crippen LogP contribution in [0.2, 0.25) is 0 Å². The van der Waals surface area contributed by atoms with E-state index in [0.717, 1.165) is 29.8 Å². The number of hydrogen-bond donors (Lipinski definition) is 1. The Hall–Kier alpha value is -2.77. The molecule has 1 N–H and O–H groups in total. The molecule has 0 unspecified atom stereocenters. The van der Waals surface area contributed by atoms with Crippen LogP contribution in [0, 0.1) is 11.6 Å². The summed E-state index contributed by atoms with van der Waals surface area (Å²) in [5.41, 5.74) is 2.11. The van der Waals surface area contributed by atoms with E-state index in [9.17, 15) is 18.4 Å². The van der Waals surface area contributed by atoms with Crippen LogP contribution in [0.25, 0.3) is 5.69 Å². The van der Waals surface area contributed by atoms with E-state index in [-0.39, 0.29) is 18.8 Å². The van der Waals surface area contributed by atoms with Crippen LogP contribution >= 0.6 is 0 Å². The van der Waals surface area contributed by atoms with Crippen LogP contribution < -0.4 is 5.32 Å². The predicted molar refractivity (Wildman–Crippen MR) is 84.5 cm³/mol. The summed E-state index contributed by atoms with van der Waals surface area (Å²) in [6.45, 7) is 1.66. The van der Waals surface area contributed by atoms with Gasteiger partial charge in [0.05, 0.1) is 12.3 Å². The lowest BCUT2D eigenvalue weighted by Crippen LogP contribution is -2.31. The highest BCUT2D eigenvalue weighted by atomic mass is 19.2. The zero-order valence-electron chi connectivity index (χ0n) is 13.6. The van der Waals surface area contributed by atoms with E-state index >= 15 is 0 Å². The van der Waals surface area contributed by atoms with Gasteiger partial charge in [0.1, 0.15) is 6.54 Å². The third kappa shape index (κ3) is 3.38. The normalized spacial score (nSPS) is 12.8. The number of fused-ring (bicyclic) bond motifs is 1. The summed E-state index contributed by atoms with van der Waals surface area (Å²) in [6, 6.07) is 3.47. The number of carbonyl (C=O) groups is 2. The minimum atomic E-state index is -0.979. The first kappa shape index (κ1) is 17.1. The lowest BCUT2D eigenvalue weighted by Gasteiger charge is -2.06. The third-order valence-electron chi connectivity index (χ3n) is 3.99. The van der Waals surface area contributed by atoms with Crippen LogP contribution in [-0.4, -0.2) is 34.8 Å². The van der Waals surface area contributed by atoms with E-state index in [4.69, 9.17) is 4.74 Å². The van der Waals surface area contributed by atoms with Crippen molar-refractivity contribution >= 4 is 11.9 Å². The highest BCUT2D eigenvalue weighted by Gasteiger charge is 2.27. The van der Waals surface area contributed by atoms with Crippen LogP contribution in [0.1, 0.15) is 35.1 Å². The molecule has 1 heterocycles. The number of amides is 1. The number of ether oxygens (including phenoxy) is 1. The Morgan fingerprint density at radius 1 is 1.28 bits per heavy atom. The molecule has 1 aliphatic carbocycles. The van der Waals surface area contributed by atoms with Gasteiger partial charge in [-0.3, -0.25) is 9.59 Å². The Bertz CT molecular complexity index is 833. The summed E-state index contributed by atoms with van der Waals surface area (Å²) in [7, 11) is 0. The van der Waals surface area contributed by atoms with Crippen LogP contribution in [0.4, 0.5) is 8.78 Å². The molecule has 0 spiro atoms. The van der Waals surface area contributed by atoms with Crippen molar-refractivity contribution in [2.45, 2.75) is 26.2 Å². The fraction of sp³-hybridized carbons (Fsp3) is 0.353. The third-order valence-corrected chi connectivity index (χ3v) is 3.99. The number of aromatic nitrogens is 2. The van der Waals surface area contributed by atoms with Crippen molar-refractivity contribution in [3.05, 3.63) is 46.8 Å². The highest BCUT2D eigenvalue weighted by molar-refractivity contribution is 5.96. The van der Waals surface area contributed by atoms with Gasteiger partial charge >= 0.3 is 5.97 Å². The second-order valence-electron chi connectivity index (χ2n) is 5.63. The van der Waals surface area contributed by atoms with Gasteiger partial charge in [-0.25, -0.2) is 13.5 Å². The van der Waals surface area contributed by atoms with Gasteiger partial charge in [-0.2, -0.15) is 5.10 Å². The van der Waals surface area contributed by atoms with Crippen molar-refractivity contribution in [2.24, 2.45) is 0 Å². The molecule has 0 atom stereocenters. The topological polar surface area (TPSA) is 73.2 Å². The van der Waals surface area contributed by atoms with E-state index < -0.39 is 23.5 Å². The van der Waals surface area contributed by atoms with Crippen molar-refractivity contribution in [1.82, 2.24) is 15.1 Å². The van der Waals surface area contributed by atoms with Gasteiger partial charge in [-0.15, -0.1) is 0 Å². The van der Waals surface area contributed by atoms with Gasteiger partial charge in [0.25, 0.3) is 5.91 Å². The molecule has 1 aromatic heterocycles. The highest BCUT2D eigenvalue weighted by Crippen LogP contribution is 2.28. The van der Waals surface area contributed by atoms with E-state index in [0.29, 0.717) is 18.5 Å². The Labute approximate surface area is 142 Å². The fourth-order valence-electron chi connectivity index (χ4n) is 2.90. The van der Waals surface area contributed by atoms with E-state index in [1.54, 1.807) is 6.92 Å². The molecule has 3 rings (SSSR count). The van der Waals surface area contributed by atoms with Gasteiger partial charge in [-0.1, -0.05) is 0 Å². The van der Waals surface area contributed by atoms with E-state index in [1.165, 1.54) is 10.7 Å². The molecule has 0 aliphatic heterocycles. The average molecular weight is 349 g/mol. The molecule has 6 nitrogen and oxygen atoms in total. The Kier molecular flexibility index (Phi) is 4.78. The van der Waals surface area contributed by atoms with Crippen LogP contribution in [-0.2, 0) is 22.4 Å². The molecule has 8 heteroatoms. The molecule has 0 fully saturated rings. The largest absolute Gasteiger partial charge is 0.465 e. The van der Waals surface area contributed by atoms with Crippen LogP contribution in [0.3, 0.4) is 0 Å². The van der Waals surface area contributed by atoms with Crippen molar-refractivity contribution in [1.29, 1.82) is 0 Å². The van der Waals surface area contributed by atoms with Crippen LogP contribution in [0.5, 0.6) is 0 Å². The summed E-state index contributed by atoms with van der Waals surface area (Å²) >= 11 is 0. The second-order valence-corrected chi connectivity index (χ2v) is 5.63. The van der Waals surface area contributed by atoms with Crippen molar-refractivity contribution in [3.63, 3.8) is 0 Å². The molecular formula is C17H17F2N3O3. The fourth-order valence-corrected chi connectivity index (χ4v) is 2.90. The first-order valence-electron chi connectivity index (χ1n) is 8.01. The first-order chi connectivity index (χ1) is 12.0. The van der Waals surface area contributed by atoms with E-state index in [1.807, 2.05) is 0 Å². The quantitative estimate of drug-likeness (QED) is 0.837. The zero-order valence-corrected chi connectivity index (χ0v) is 13.6.